The predicted molar refractivity (Wildman–Crippen MR) is 63.6 cm³/mol. The first kappa shape index (κ1) is 12.4. The van der Waals surface area contributed by atoms with Crippen LogP contribution in [0.4, 0.5) is 0 Å². The van der Waals surface area contributed by atoms with Crippen LogP contribution in [-0.2, 0) is 4.79 Å². The molecule has 1 rings (SSSR count). The van der Waals surface area contributed by atoms with Gasteiger partial charge in [0.1, 0.15) is 0 Å². The van der Waals surface area contributed by atoms with E-state index in [-0.39, 0.29) is 5.91 Å². The van der Waals surface area contributed by atoms with Crippen molar-refractivity contribution in [2.45, 2.75) is 13.3 Å². The molecule has 0 bridgehead atoms. The van der Waals surface area contributed by atoms with Crippen LogP contribution < -0.4 is 5.32 Å². The fraction of sp³-hybridized carbons (Fsp3) is 0.273. The van der Waals surface area contributed by atoms with Crippen LogP contribution >= 0.6 is 11.3 Å². The third-order valence-corrected chi connectivity index (χ3v) is 2.73. The number of carbonyl (C=O) groups excluding carboxylic acids is 1. The molecule has 1 heterocycles. The van der Waals surface area contributed by atoms with Gasteiger partial charge in [0.15, 0.2) is 0 Å². The molecule has 0 saturated heterocycles. The van der Waals surface area contributed by atoms with Crippen molar-refractivity contribution in [1.29, 1.82) is 0 Å². The van der Waals surface area contributed by atoms with Gasteiger partial charge in [0.05, 0.1) is 5.56 Å². The Morgan fingerprint density at radius 2 is 2.31 bits per heavy atom. The zero-order valence-electron chi connectivity index (χ0n) is 8.90. The number of aromatic carboxylic acids is 1. The minimum atomic E-state index is -0.908. The van der Waals surface area contributed by atoms with Gasteiger partial charge in [-0.1, -0.05) is 6.08 Å². The van der Waals surface area contributed by atoms with Crippen LogP contribution in [0.1, 0.15) is 28.6 Å². The Balaban J connectivity index is 2.38. The highest BCUT2D eigenvalue weighted by Gasteiger charge is 2.03. The summed E-state index contributed by atoms with van der Waals surface area (Å²) in [5, 5.41) is 13.0. The van der Waals surface area contributed by atoms with Crippen LogP contribution in [0.3, 0.4) is 0 Å². The molecule has 1 aromatic rings. The lowest BCUT2D eigenvalue weighted by Gasteiger charge is -1.95. The lowest BCUT2D eigenvalue weighted by Crippen LogP contribution is -2.20. The maximum Gasteiger partial charge on any atom is 0.336 e. The van der Waals surface area contributed by atoms with E-state index in [4.69, 9.17) is 5.11 Å². The van der Waals surface area contributed by atoms with E-state index in [2.05, 4.69) is 5.32 Å². The molecule has 0 atom stereocenters. The first-order chi connectivity index (χ1) is 7.59. The van der Waals surface area contributed by atoms with Crippen LogP contribution in [0.5, 0.6) is 0 Å². The highest BCUT2D eigenvalue weighted by atomic mass is 32.1. The molecule has 1 aromatic heterocycles. The number of thiophene rings is 1. The van der Waals surface area contributed by atoms with Crippen molar-refractivity contribution in [1.82, 2.24) is 5.32 Å². The molecule has 86 valence electrons. The second-order valence-corrected chi connectivity index (χ2v) is 4.16. The normalized spacial score (nSPS) is 10.6. The van der Waals surface area contributed by atoms with E-state index in [9.17, 15) is 9.59 Å². The predicted octanol–water partition coefficient (Wildman–Crippen LogP) is 1.99. The number of carboxylic acid groups (broad SMARTS) is 1. The molecule has 0 aliphatic carbocycles. The second-order valence-electron chi connectivity index (χ2n) is 3.22. The summed E-state index contributed by atoms with van der Waals surface area (Å²) in [6.45, 7) is 2.07. The van der Waals surface area contributed by atoms with Gasteiger partial charge >= 0.3 is 5.97 Å². The summed E-state index contributed by atoms with van der Waals surface area (Å²) in [7, 11) is 0. The molecule has 0 aliphatic rings. The van der Waals surface area contributed by atoms with Gasteiger partial charge in [0.2, 0.25) is 5.91 Å². The van der Waals surface area contributed by atoms with Crippen molar-refractivity contribution in [3.05, 3.63) is 28.0 Å². The van der Waals surface area contributed by atoms with E-state index < -0.39 is 5.97 Å². The molecule has 4 nitrogen and oxygen atoms in total. The molecule has 5 heteroatoms. The number of nitrogens with one attached hydrogen (secondary N) is 1. The quantitative estimate of drug-likeness (QED) is 0.772. The zero-order chi connectivity index (χ0) is 12.0. The molecule has 0 aromatic carbocycles. The molecule has 0 spiro atoms. The lowest BCUT2D eigenvalue weighted by atomic mass is 10.3. The maximum absolute atomic E-state index is 10.6. The smallest absolute Gasteiger partial charge is 0.336 e. The van der Waals surface area contributed by atoms with Crippen molar-refractivity contribution in [2.24, 2.45) is 0 Å². The van der Waals surface area contributed by atoms with E-state index in [1.807, 2.05) is 12.2 Å². The summed E-state index contributed by atoms with van der Waals surface area (Å²) in [4.78, 5) is 22.1. The summed E-state index contributed by atoms with van der Waals surface area (Å²) >= 11 is 1.39. The molecule has 0 saturated carbocycles. The number of hydrogen-bond acceptors (Lipinski definition) is 3. The largest absolute Gasteiger partial charge is 0.478 e. The van der Waals surface area contributed by atoms with Crippen LogP contribution in [0.25, 0.3) is 6.08 Å². The van der Waals surface area contributed by atoms with Crippen LogP contribution in [0, 0.1) is 0 Å². The van der Waals surface area contributed by atoms with Crippen LogP contribution in [0.15, 0.2) is 17.5 Å². The van der Waals surface area contributed by atoms with E-state index in [0.29, 0.717) is 12.1 Å². The van der Waals surface area contributed by atoms with Gasteiger partial charge in [-0.2, -0.15) is 0 Å². The average molecular weight is 239 g/mol. The lowest BCUT2D eigenvalue weighted by molar-refractivity contribution is -0.118. The van der Waals surface area contributed by atoms with Gasteiger partial charge < -0.3 is 10.4 Å². The number of carboxylic acids is 1. The van der Waals surface area contributed by atoms with Crippen LogP contribution in [0.2, 0.25) is 0 Å². The molecule has 0 unspecified atom stereocenters. The Morgan fingerprint density at radius 3 is 2.88 bits per heavy atom. The molecule has 16 heavy (non-hydrogen) atoms. The number of carbonyl (C=O) groups is 2. The van der Waals surface area contributed by atoms with Crippen molar-refractivity contribution >= 4 is 29.3 Å². The molecule has 1 amide bonds. The Bertz CT molecular complexity index is 409. The SMILES string of the molecule is CC(=O)NCCC=Cc1cc(C(=O)O)cs1. The summed E-state index contributed by atoms with van der Waals surface area (Å²) in [6.07, 6.45) is 4.51. The molecular weight excluding hydrogens is 226 g/mol. The van der Waals surface area contributed by atoms with Crippen molar-refractivity contribution in [3.8, 4) is 0 Å². The Hall–Kier alpha value is -1.62. The van der Waals surface area contributed by atoms with E-state index in [1.165, 1.54) is 18.3 Å². The first-order valence-electron chi connectivity index (χ1n) is 4.82. The average Bonchev–Trinajstić information content (AvgIpc) is 2.65. The van der Waals surface area contributed by atoms with Gasteiger partial charge in [-0.05, 0) is 18.6 Å². The second kappa shape index (κ2) is 6.07. The Labute approximate surface area is 97.6 Å². The Kier molecular flexibility index (Phi) is 4.72. The molecule has 0 radical (unpaired) electrons. The minimum Gasteiger partial charge on any atom is -0.478 e. The van der Waals surface area contributed by atoms with Crippen molar-refractivity contribution in [2.75, 3.05) is 6.54 Å². The summed E-state index contributed by atoms with van der Waals surface area (Å²) in [6, 6.07) is 1.63. The van der Waals surface area contributed by atoms with E-state index in [1.54, 1.807) is 11.4 Å². The molecule has 0 fully saturated rings. The molecule has 0 aliphatic heterocycles. The van der Waals surface area contributed by atoms with Gasteiger partial charge in [-0.25, -0.2) is 4.79 Å². The highest BCUT2D eigenvalue weighted by molar-refractivity contribution is 7.11. The monoisotopic (exact) mass is 239 g/mol. The van der Waals surface area contributed by atoms with Gasteiger partial charge in [0.25, 0.3) is 0 Å². The zero-order valence-corrected chi connectivity index (χ0v) is 9.71. The van der Waals surface area contributed by atoms with E-state index >= 15 is 0 Å². The van der Waals surface area contributed by atoms with E-state index in [0.717, 1.165) is 11.3 Å². The van der Waals surface area contributed by atoms with Gasteiger partial charge in [-0.3, -0.25) is 4.79 Å². The first-order valence-corrected chi connectivity index (χ1v) is 5.70. The summed E-state index contributed by atoms with van der Waals surface area (Å²) in [5.74, 6) is -0.952. The maximum atomic E-state index is 10.6. The van der Waals surface area contributed by atoms with Crippen LogP contribution in [-0.4, -0.2) is 23.5 Å². The fourth-order valence-electron chi connectivity index (χ4n) is 1.08. The Morgan fingerprint density at radius 1 is 1.56 bits per heavy atom. The third-order valence-electron chi connectivity index (χ3n) is 1.83. The summed E-state index contributed by atoms with van der Waals surface area (Å²) in [5.41, 5.74) is 0.312. The topological polar surface area (TPSA) is 66.4 Å². The standard InChI is InChI=1S/C11H13NO3S/c1-8(13)12-5-3-2-4-10-6-9(7-16-10)11(14)15/h2,4,6-7H,3,5H2,1H3,(H,12,13)(H,14,15). The number of rotatable bonds is 5. The van der Waals surface area contributed by atoms with Gasteiger partial charge in [-0.15, -0.1) is 11.3 Å². The highest BCUT2D eigenvalue weighted by Crippen LogP contribution is 2.16. The minimum absolute atomic E-state index is 0.0438. The van der Waals surface area contributed by atoms with Crippen molar-refractivity contribution < 1.29 is 14.7 Å². The fourth-order valence-corrected chi connectivity index (χ4v) is 1.89. The number of hydrogen-bond donors (Lipinski definition) is 2. The summed E-state index contributed by atoms with van der Waals surface area (Å²) < 4.78 is 0. The third kappa shape index (κ3) is 4.27. The molecular formula is C11H13NO3S. The molecule has 2 N–H and O–H groups in total. The van der Waals surface area contributed by atoms with Gasteiger partial charge in [0, 0.05) is 23.7 Å². The number of amides is 1. The van der Waals surface area contributed by atoms with Crippen molar-refractivity contribution in [3.63, 3.8) is 0 Å².